The van der Waals surface area contributed by atoms with Crippen molar-refractivity contribution in [2.24, 2.45) is 0 Å². The summed E-state index contributed by atoms with van der Waals surface area (Å²) in [6.45, 7) is 8.00. The van der Waals surface area contributed by atoms with Gasteiger partial charge in [-0.2, -0.15) is 0 Å². The van der Waals surface area contributed by atoms with Gasteiger partial charge in [0.2, 0.25) is 0 Å². The minimum atomic E-state index is 0.891. The van der Waals surface area contributed by atoms with Crippen LogP contribution in [0.15, 0.2) is 95.6 Å². The van der Waals surface area contributed by atoms with Gasteiger partial charge in [0.1, 0.15) is 5.76 Å². The molecular formula is C26H27NO. The monoisotopic (exact) mass is 369 g/mol. The predicted octanol–water partition coefficient (Wildman–Crippen LogP) is 8.10. The third-order valence-corrected chi connectivity index (χ3v) is 4.49. The number of para-hydroxylation sites is 2. The summed E-state index contributed by atoms with van der Waals surface area (Å²) in [5.41, 5.74) is 4.67. The van der Waals surface area contributed by atoms with E-state index in [0.717, 1.165) is 11.3 Å². The average molecular weight is 370 g/mol. The summed E-state index contributed by atoms with van der Waals surface area (Å²) in [5.74, 6) is 0.891. The maximum atomic E-state index is 5.58. The third kappa shape index (κ3) is 3.46. The normalized spacial score (nSPS) is 10.1. The van der Waals surface area contributed by atoms with Crippen molar-refractivity contribution in [3.8, 4) is 17.0 Å². The summed E-state index contributed by atoms with van der Waals surface area (Å²) in [6.07, 6.45) is 1.71. The third-order valence-electron chi connectivity index (χ3n) is 4.49. The smallest absolute Gasteiger partial charge is 0.133 e. The molecule has 0 spiro atoms. The van der Waals surface area contributed by atoms with Crippen molar-refractivity contribution in [1.29, 1.82) is 0 Å². The largest absolute Gasteiger partial charge is 0.464 e. The Kier molecular flexibility index (Phi) is 6.33. The van der Waals surface area contributed by atoms with E-state index in [4.69, 9.17) is 4.42 Å². The molecule has 2 aromatic heterocycles. The fourth-order valence-corrected chi connectivity index (χ4v) is 3.42. The van der Waals surface area contributed by atoms with E-state index in [-0.39, 0.29) is 0 Å². The number of fused-ring (bicyclic) bond motifs is 3. The number of nitrogens with zero attached hydrogens (tertiary/aromatic N) is 1. The van der Waals surface area contributed by atoms with Crippen LogP contribution in [-0.4, -0.2) is 4.57 Å². The zero-order valence-electron chi connectivity index (χ0n) is 17.0. The first-order chi connectivity index (χ1) is 13.9. The van der Waals surface area contributed by atoms with Crippen LogP contribution in [0.1, 0.15) is 27.7 Å². The van der Waals surface area contributed by atoms with Gasteiger partial charge in [-0.25, -0.2) is 0 Å². The molecule has 28 heavy (non-hydrogen) atoms. The summed E-state index contributed by atoms with van der Waals surface area (Å²) in [5, 5.41) is 2.52. The Hall–Kier alpha value is -3.26. The van der Waals surface area contributed by atoms with Gasteiger partial charge < -0.3 is 8.98 Å². The fraction of sp³-hybridized carbons (Fsp3) is 0.154. The highest BCUT2D eigenvalue weighted by Gasteiger charge is 2.13. The highest BCUT2D eigenvalue weighted by atomic mass is 16.3. The number of rotatable bonds is 2. The summed E-state index contributed by atoms with van der Waals surface area (Å²) in [7, 11) is 0. The van der Waals surface area contributed by atoms with E-state index in [1.54, 1.807) is 6.26 Å². The molecule has 3 aromatic carbocycles. The van der Waals surface area contributed by atoms with Crippen molar-refractivity contribution in [1.82, 2.24) is 4.57 Å². The van der Waals surface area contributed by atoms with Crippen LogP contribution in [0.4, 0.5) is 0 Å². The predicted molar refractivity (Wildman–Crippen MR) is 121 cm³/mol. The van der Waals surface area contributed by atoms with Crippen LogP contribution in [0.2, 0.25) is 0 Å². The van der Waals surface area contributed by atoms with Gasteiger partial charge in [0, 0.05) is 22.0 Å². The van der Waals surface area contributed by atoms with Crippen molar-refractivity contribution in [3.05, 3.63) is 91.2 Å². The quantitative estimate of drug-likeness (QED) is 0.307. The summed E-state index contributed by atoms with van der Waals surface area (Å²) in [4.78, 5) is 0. The number of benzene rings is 3. The molecule has 2 heteroatoms. The molecule has 0 bridgehead atoms. The second kappa shape index (κ2) is 9.09. The van der Waals surface area contributed by atoms with E-state index in [1.807, 2.05) is 45.9 Å². The Morgan fingerprint density at radius 1 is 0.607 bits per heavy atom. The highest BCUT2D eigenvalue weighted by molar-refractivity contribution is 6.10. The van der Waals surface area contributed by atoms with E-state index in [9.17, 15) is 0 Å². The molecule has 0 fully saturated rings. The number of furan rings is 1. The average Bonchev–Trinajstić information content (AvgIpc) is 3.43. The van der Waals surface area contributed by atoms with Crippen molar-refractivity contribution in [2.45, 2.75) is 27.7 Å². The fourth-order valence-electron chi connectivity index (χ4n) is 3.42. The minimum Gasteiger partial charge on any atom is -0.464 e. The highest BCUT2D eigenvalue weighted by Crippen LogP contribution is 2.34. The van der Waals surface area contributed by atoms with Gasteiger partial charge in [0.25, 0.3) is 0 Å². The van der Waals surface area contributed by atoms with Crippen LogP contribution in [-0.2, 0) is 0 Å². The maximum absolute atomic E-state index is 5.58. The zero-order chi connectivity index (χ0) is 19.9. The molecule has 0 N–H and O–H groups in total. The molecule has 0 aliphatic heterocycles. The van der Waals surface area contributed by atoms with Crippen molar-refractivity contribution < 1.29 is 4.42 Å². The van der Waals surface area contributed by atoms with Crippen molar-refractivity contribution in [3.63, 3.8) is 0 Å². The van der Waals surface area contributed by atoms with Crippen LogP contribution in [0, 0.1) is 0 Å². The van der Waals surface area contributed by atoms with Gasteiger partial charge in [0.05, 0.1) is 17.3 Å². The van der Waals surface area contributed by atoms with Crippen LogP contribution >= 0.6 is 0 Å². The maximum Gasteiger partial charge on any atom is 0.133 e. The topological polar surface area (TPSA) is 18.1 Å². The number of aromatic nitrogens is 1. The lowest BCUT2D eigenvalue weighted by molar-refractivity contribution is 0.582. The first-order valence-corrected chi connectivity index (χ1v) is 10.0. The molecule has 5 rings (SSSR count). The summed E-state index contributed by atoms with van der Waals surface area (Å²) < 4.78 is 7.90. The molecule has 0 amide bonds. The van der Waals surface area contributed by atoms with Crippen molar-refractivity contribution >= 4 is 21.8 Å². The SMILES string of the molecule is CC.CC.c1ccc(-n2c3ccccc3c3ccc(-c4ccco4)cc32)cc1. The first-order valence-electron chi connectivity index (χ1n) is 10.0. The van der Waals surface area contributed by atoms with Crippen LogP contribution < -0.4 is 0 Å². The van der Waals surface area contributed by atoms with Gasteiger partial charge in [-0.3, -0.25) is 0 Å². The number of hydrogen-bond acceptors (Lipinski definition) is 1. The second-order valence-corrected chi connectivity index (χ2v) is 5.90. The van der Waals surface area contributed by atoms with Gasteiger partial charge in [-0.05, 0) is 36.4 Å². The standard InChI is InChI=1S/C22H15NO.2C2H6/c1-2-7-17(8-3-1)23-20-10-5-4-9-18(20)19-13-12-16(15-21(19)23)22-11-6-14-24-22;2*1-2/h1-15H;2*1-2H3. The van der Waals surface area contributed by atoms with E-state index < -0.39 is 0 Å². The molecule has 5 aromatic rings. The Bertz CT molecular complexity index is 1140. The van der Waals surface area contributed by atoms with Crippen LogP contribution in [0.5, 0.6) is 0 Å². The van der Waals surface area contributed by atoms with Crippen LogP contribution in [0.25, 0.3) is 38.8 Å². The molecule has 0 saturated carbocycles. The van der Waals surface area contributed by atoms with E-state index >= 15 is 0 Å². The lowest BCUT2D eigenvalue weighted by Gasteiger charge is -2.08. The molecule has 0 atom stereocenters. The Morgan fingerprint density at radius 3 is 2.00 bits per heavy atom. The summed E-state index contributed by atoms with van der Waals surface area (Å²) in [6, 6.07) is 29.5. The first kappa shape index (κ1) is 19.5. The second-order valence-electron chi connectivity index (χ2n) is 5.90. The molecule has 0 unspecified atom stereocenters. The molecule has 0 aliphatic carbocycles. The molecule has 0 saturated heterocycles. The lowest BCUT2D eigenvalue weighted by Crippen LogP contribution is -1.93. The van der Waals surface area contributed by atoms with Gasteiger partial charge in [-0.15, -0.1) is 0 Å². The summed E-state index contributed by atoms with van der Waals surface area (Å²) >= 11 is 0. The van der Waals surface area contributed by atoms with E-state index in [2.05, 4.69) is 71.3 Å². The Morgan fingerprint density at radius 2 is 1.29 bits per heavy atom. The molecule has 2 heterocycles. The number of hydrogen-bond donors (Lipinski definition) is 0. The minimum absolute atomic E-state index is 0.891. The van der Waals surface area contributed by atoms with E-state index in [1.165, 1.54) is 27.5 Å². The molecular weight excluding hydrogens is 342 g/mol. The van der Waals surface area contributed by atoms with Gasteiger partial charge in [0.15, 0.2) is 0 Å². The lowest BCUT2D eigenvalue weighted by atomic mass is 10.1. The molecule has 2 nitrogen and oxygen atoms in total. The van der Waals surface area contributed by atoms with Crippen LogP contribution in [0.3, 0.4) is 0 Å². The van der Waals surface area contributed by atoms with Gasteiger partial charge in [-0.1, -0.05) is 76.2 Å². The Labute approximate surface area is 167 Å². The zero-order valence-corrected chi connectivity index (χ0v) is 17.0. The van der Waals surface area contributed by atoms with Crippen molar-refractivity contribution in [2.75, 3.05) is 0 Å². The van der Waals surface area contributed by atoms with E-state index in [0.29, 0.717) is 0 Å². The molecule has 142 valence electrons. The molecule has 0 radical (unpaired) electrons. The van der Waals surface area contributed by atoms with Gasteiger partial charge >= 0.3 is 0 Å². The molecule has 0 aliphatic rings. The Balaban J connectivity index is 0.000000531.